The van der Waals surface area contributed by atoms with Crippen LogP contribution in [-0.4, -0.2) is 49.5 Å². The number of carbonyl (C=O) groups is 2. The molecule has 2 amide bonds. The van der Waals surface area contributed by atoms with Crippen LogP contribution in [0, 0.1) is 0 Å². The number of para-hydroxylation sites is 1. The maximum atomic E-state index is 14.0. The molecule has 39 heavy (non-hydrogen) atoms. The fraction of sp³-hybridized carbons (Fsp3) is 0.310. The fourth-order valence-electron chi connectivity index (χ4n) is 4.05. The van der Waals surface area contributed by atoms with Crippen LogP contribution < -0.4 is 9.62 Å². The molecule has 0 saturated carbocycles. The summed E-state index contributed by atoms with van der Waals surface area (Å²) >= 11 is 12.4. The second-order valence-electron chi connectivity index (χ2n) is 10.3. The molecule has 3 rings (SSSR count). The summed E-state index contributed by atoms with van der Waals surface area (Å²) < 4.78 is 26.6. The number of rotatable bonds is 10. The molecular weight excluding hydrogens is 557 g/mol. The smallest absolute Gasteiger partial charge is 0.244 e. The standard InChI is InChI=1S/C29H33Cl2N3O4S/c1-29(2,3)32-28(36)26(18-21-11-7-5-8-12-21)33(19-22-15-16-24(30)25(31)17-22)27(35)20-34(39(4,37)38)23-13-9-6-10-14-23/h5-17,26H,18-20H2,1-4H3,(H,32,36). The van der Waals surface area contributed by atoms with E-state index in [1.54, 1.807) is 48.5 Å². The number of hydrogen-bond acceptors (Lipinski definition) is 4. The van der Waals surface area contributed by atoms with Gasteiger partial charge in [0.15, 0.2) is 0 Å². The van der Waals surface area contributed by atoms with Gasteiger partial charge in [0.25, 0.3) is 0 Å². The average Bonchev–Trinajstić information content (AvgIpc) is 2.86. The van der Waals surface area contributed by atoms with Crippen molar-refractivity contribution in [2.75, 3.05) is 17.1 Å². The van der Waals surface area contributed by atoms with Gasteiger partial charge in [-0.25, -0.2) is 8.42 Å². The highest BCUT2D eigenvalue weighted by molar-refractivity contribution is 7.92. The molecule has 208 valence electrons. The quantitative estimate of drug-likeness (QED) is 0.347. The Bertz CT molecular complexity index is 1400. The molecule has 3 aromatic rings. The lowest BCUT2D eigenvalue weighted by atomic mass is 10.0. The van der Waals surface area contributed by atoms with E-state index in [0.717, 1.165) is 16.1 Å². The molecule has 1 N–H and O–H groups in total. The number of benzene rings is 3. The lowest BCUT2D eigenvalue weighted by molar-refractivity contribution is -0.140. The summed E-state index contributed by atoms with van der Waals surface area (Å²) in [6.45, 7) is 5.10. The Kier molecular flexibility index (Phi) is 10.0. The molecule has 0 bridgehead atoms. The van der Waals surface area contributed by atoms with Gasteiger partial charge in [0.2, 0.25) is 21.8 Å². The molecular formula is C29H33Cl2N3O4S. The van der Waals surface area contributed by atoms with E-state index in [2.05, 4.69) is 5.32 Å². The van der Waals surface area contributed by atoms with Crippen molar-refractivity contribution in [1.29, 1.82) is 0 Å². The van der Waals surface area contributed by atoms with Gasteiger partial charge in [0.05, 0.1) is 22.0 Å². The molecule has 0 heterocycles. The summed E-state index contributed by atoms with van der Waals surface area (Å²) in [6.07, 6.45) is 1.27. The largest absolute Gasteiger partial charge is 0.350 e. The van der Waals surface area contributed by atoms with Crippen LogP contribution in [0.1, 0.15) is 31.9 Å². The van der Waals surface area contributed by atoms with Gasteiger partial charge in [0, 0.05) is 18.5 Å². The van der Waals surface area contributed by atoms with E-state index in [4.69, 9.17) is 23.2 Å². The summed E-state index contributed by atoms with van der Waals surface area (Å²) in [5.74, 6) is -0.897. The summed E-state index contributed by atoms with van der Waals surface area (Å²) in [7, 11) is -3.82. The van der Waals surface area contributed by atoms with E-state index in [1.165, 1.54) is 4.90 Å². The lowest BCUT2D eigenvalue weighted by Crippen LogP contribution is -2.56. The third-order valence-electron chi connectivity index (χ3n) is 5.83. The maximum absolute atomic E-state index is 14.0. The minimum absolute atomic E-state index is 0.0111. The predicted molar refractivity (Wildman–Crippen MR) is 157 cm³/mol. The van der Waals surface area contributed by atoms with Crippen molar-refractivity contribution in [2.24, 2.45) is 0 Å². The summed E-state index contributed by atoms with van der Waals surface area (Å²) in [5.41, 5.74) is 1.28. The van der Waals surface area contributed by atoms with Gasteiger partial charge >= 0.3 is 0 Å². The van der Waals surface area contributed by atoms with Gasteiger partial charge in [-0.2, -0.15) is 0 Å². The number of carbonyl (C=O) groups excluding carboxylic acids is 2. The first-order chi connectivity index (χ1) is 18.2. The van der Waals surface area contributed by atoms with Crippen molar-refractivity contribution in [3.05, 3.63) is 100 Å². The van der Waals surface area contributed by atoms with Crippen molar-refractivity contribution in [1.82, 2.24) is 10.2 Å². The Balaban J connectivity index is 2.08. The van der Waals surface area contributed by atoms with Crippen LogP contribution in [0.3, 0.4) is 0 Å². The van der Waals surface area contributed by atoms with Crippen LogP contribution in [-0.2, 0) is 32.6 Å². The Hall–Kier alpha value is -3.07. The topological polar surface area (TPSA) is 86.8 Å². The van der Waals surface area contributed by atoms with Gasteiger partial charge in [-0.1, -0.05) is 77.8 Å². The first-order valence-corrected chi connectivity index (χ1v) is 15.0. The number of amides is 2. The Morgan fingerprint density at radius 3 is 2.00 bits per heavy atom. The molecule has 0 spiro atoms. The van der Waals surface area contributed by atoms with Gasteiger partial charge in [-0.05, 0) is 56.2 Å². The number of anilines is 1. The molecule has 0 fully saturated rings. The molecule has 0 aromatic heterocycles. The van der Waals surface area contributed by atoms with E-state index < -0.39 is 34.1 Å². The SMILES string of the molecule is CC(C)(C)NC(=O)C(Cc1ccccc1)N(Cc1ccc(Cl)c(Cl)c1)C(=O)CN(c1ccccc1)S(C)(=O)=O. The van der Waals surface area contributed by atoms with Gasteiger partial charge in [-0.15, -0.1) is 0 Å². The highest BCUT2D eigenvalue weighted by atomic mass is 35.5. The van der Waals surface area contributed by atoms with Gasteiger partial charge in [-0.3, -0.25) is 13.9 Å². The molecule has 3 aromatic carbocycles. The number of sulfonamides is 1. The predicted octanol–water partition coefficient (Wildman–Crippen LogP) is 5.31. The van der Waals surface area contributed by atoms with Crippen LogP contribution in [0.2, 0.25) is 10.0 Å². The zero-order valence-electron chi connectivity index (χ0n) is 22.4. The highest BCUT2D eigenvalue weighted by Crippen LogP contribution is 2.25. The van der Waals surface area contributed by atoms with E-state index in [1.807, 2.05) is 51.1 Å². The minimum atomic E-state index is -3.82. The van der Waals surface area contributed by atoms with E-state index in [-0.39, 0.29) is 18.9 Å². The molecule has 0 aliphatic heterocycles. The Morgan fingerprint density at radius 2 is 1.46 bits per heavy atom. The maximum Gasteiger partial charge on any atom is 0.244 e. The van der Waals surface area contributed by atoms with Crippen LogP contribution in [0.15, 0.2) is 78.9 Å². The molecule has 10 heteroatoms. The summed E-state index contributed by atoms with van der Waals surface area (Å²) in [6, 6.07) is 21.8. The van der Waals surface area contributed by atoms with E-state index >= 15 is 0 Å². The second-order valence-corrected chi connectivity index (χ2v) is 13.0. The molecule has 7 nitrogen and oxygen atoms in total. The van der Waals surface area contributed by atoms with Crippen molar-refractivity contribution in [3.8, 4) is 0 Å². The number of nitrogens with one attached hydrogen (secondary N) is 1. The van der Waals surface area contributed by atoms with Crippen LogP contribution >= 0.6 is 23.2 Å². The fourth-order valence-corrected chi connectivity index (χ4v) is 5.22. The zero-order valence-corrected chi connectivity index (χ0v) is 24.7. The van der Waals surface area contributed by atoms with Crippen molar-refractivity contribution >= 4 is 50.7 Å². The van der Waals surface area contributed by atoms with E-state index in [0.29, 0.717) is 21.3 Å². The second kappa shape index (κ2) is 12.9. The van der Waals surface area contributed by atoms with Crippen molar-refractivity contribution < 1.29 is 18.0 Å². The Labute approximate surface area is 240 Å². The van der Waals surface area contributed by atoms with E-state index in [9.17, 15) is 18.0 Å². The first kappa shape index (κ1) is 30.5. The van der Waals surface area contributed by atoms with Crippen LogP contribution in [0.25, 0.3) is 0 Å². The summed E-state index contributed by atoms with van der Waals surface area (Å²) in [5, 5.41) is 3.65. The van der Waals surface area contributed by atoms with Crippen molar-refractivity contribution in [2.45, 2.75) is 45.3 Å². The lowest BCUT2D eigenvalue weighted by Gasteiger charge is -2.35. The number of halogens is 2. The number of nitrogens with zero attached hydrogens (tertiary/aromatic N) is 2. The van der Waals surface area contributed by atoms with Gasteiger partial charge in [0.1, 0.15) is 12.6 Å². The monoisotopic (exact) mass is 589 g/mol. The third kappa shape index (κ3) is 8.98. The molecule has 0 aliphatic carbocycles. The molecule has 1 unspecified atom stereocenters. The third-order valence-corrected chi connectivity index (χ3v) is 7.71. The van der Waals surface area contributed by atoms with Crippen LogP contribution in [0.4, 0.5) is 5.69 Å². The molecule has 1 atom stereocenters. The van der Waals surface area contributed by atoms with Gasteiger partial charge < -0.3 is 10.2 Å². The molecule has 0 saturated heterocycles. The zero-order chi connectivity index (χ0) is 28.8. The number of hydrogen-bond donors (Lipinski definition) is 1. The molecule has 0 radical (unpaired) electrons. The molecule has 0 aliphatic rings. The van der Waals surface area contributed by atoms with Crippen molar-refractivity contribution in [3.63, 3.8) is 0 Å². The highest BCUT2D eigenvalue weighted by Gasteiger charge is 2.34. The average molecular weight is 591 g/mol. The summed E-state index contributed by atoms with van der Waals surface area (Å²) in [4.78, 5) is 29.1. The normalized spacial score (nSPS) is 12.5. The Morgan fingerprint density at radius 1 is 0.872 bits per heavy atom. The minimum Gasteiger partial charge on any atom is -0.350 e. The van der Waals surface area contributed by atoms with Crippen LogP contribution in [0.5, 0.6) is 0 Å². The first-order valence-electron chi connectivity index (χ1n) is 12.4.